The van der Waals surface area contributed by atoms with Gasteiger partial charge in [0.25, 0.3) is 0 Å². The molecular formula is C19H20N6O2. The number of fused-ring (bicyclic) bond motifs is 4. The van der Waals surface area contributed by atoms with Crippen molar-refractivity contribution in [1.82, 2.24) is 15.0 Å². The molecular weight excluding hydrogens is 344 g/mol. The minimum absolute atomic E-state index is 0.117. The molecule has 4 N–H and O–H groups in total. The average Bonchev–Trinajstić information content (AvgIpc) is 3.26. The van der Waals surface area contributed by atoms with Gasteiger partial charge in [0, 0.05) is 36.6 Å². The maximum absolute atomic E-state index is 12.4. The van der Waals surface area contributed by atoms with E-state index in [2.05, 4.69) is 37.7 Å². The Bertz CT molecular complexity index is 1020. The minimum Gasteiger partial charge on any atom is -0.391 e. The second-order valence-electron chi connectivity index (χ2n) is 7.00. The summed E-state index contributed by atoms with van der Waals surface area (Å²) in [6, 6.07) is 7.85. The number of nitrogens with one attached hydrogen (secondary N) is 3. The number of rotatable bonds is 4. The molecule has 1 amide bonds. The zero-order valence-electron chi connectivity index (χ0n) is 14.6. The van der Waals surface area contributed by atoms with Crippen molar-refractivity contribution in [3.05, 3.63) is 42.4 Å². The number of nitrogens with zero attached hydrogens (tertiary/aromatic N) is 3. The SMILES string of the molecule is O=C1Nc2c(NCCc3c[nH]c4ccccc34)ncnc2N2C[C@H](O)C[C@H]12. The van der Waals surface area contributed by atoms with Crippen LogP contribution in [0.3, 0.4) is 0 Å². The molecule has 27 heavy (non-hydrogen) atoms. The van der Waals surface area contributed by atoms with Crippen LogP contribution in [0.5, 0.6) is 0 Å². The van der Waals surface area contributed by atoms with E-state index >= 15 is 0 Å². The Morgan fingerprint density at radius 3 is 3.11 bits per heavy atom. The van der Waals surface area contributed by atoms with Gasteiger partial charge in [-0.25, -0.2) is 9.97 Å². The summed E-state index contributed by atoms with van der Waals surface area (Å²) >= 11 is 0. The first-order chi connectivity index (χ1) is 13.2. The average molecular weight is 364 g/mol. The second-order valence-corrected chi connectivity index (χ2v) is 7.00. The number of anilines is 3. The van der Waals surface area contributed by atoms with Crippen molar-refractivity contribution in [3.8, 4) is 0 Å². The third-order valence-corrected chi connectivity index (χ3v) is 5.29. The van der Waals surface area contributed by atoms with Gasteiger partial charge in [-0.2, -0.15) is 0 Å². The van der Waals surface area contributed by atoms with E-state index in [9.17, 15) is 9.90 Å². The molecule has 2 aliphatic rings. The molecule has 2 aromatic heterocycles. The number of aromatic nitrogens is 3. The Labute approximate surface area is 155 Å². The van der Waals surface area contributed by atoms with Gasteiger partial charge in [-0.3, -0.25) is 4.79 Å². The van der Waals surface area contributed by atoms with E-state index in [1.807, 2.05) is 23.2 Å². The van der Waals surface area contributed by atoms with E-state index in [1.165, 1.54) is 17.3 Å². The van der Waals surface area contributed by atoms with Crippen molar-refractivity contribution in [2.24, 2.45) is 0 Å². The fourth-order valence-corrected chi connectivity index (χ4v) is 4.00. The Morgan fingerprint density at radius 1 is 1.30 bits per heavy atom. The number of benzene rings is 1. The predicted octanol–water partition coefficient (Wildman–Crippen LogP) is 1.50. The van der Waals surface area contributed by atoms with Crippen LogP contribution in [0.15, 0.2) is 36.8 Å². The van der Waals surface area contributed by atoms with Crippen molar-refractivity contribution >= 4 is 34.1 Å². The third kappa shape index (κ3) is 2.69. The highest BCUT2D eigenvalue weighted by atomic mass is 16.3. The van der Waals surface area contributed by atoms with Crippen molar-refractivity contribution in [3.63, 3.8) is 0 Å². The topological polar surface area (TPSA) is 106 Å². The van der Waals surface area contributed by atoms with E-state index < -0.39 is 6.10 Å². The number of para-hydroxylation sites is 1. The second kappa shape index (κ2) is 6.24. The molecule has 3 aromatic rings. The number of aliphatic hydroxyl groups excluding tert-OH is 1. The molecule has 138 valence electrons. The quantitative estimate of drug-likeness (QED) is 0.559. The van der Waals surface area contributed by atoms with Gasteiger partial charge in [-0.15, -0.1) is 0 Å². The molecule has 1 saturated heterocycles. The largest absolute Gasteiger partial charge is 0.391 e. The molecule has 1 fully saturated rings. The van der Waals surface area contributed by atoms with E-state index in [0.717, 1.165) is 11.9 Å². The molecule has 0 unspecified atom stereocenters. The monoisotopic (exact) mass is 364 g/mol. The highest BCUT2D eigenvalue weighted by molar-refractivity contribution is 6.05. The van der Waals surface area contributed by atoms with Gasteiger partial charge in [0.2, 0.25) is 5.91 Å². The molecule has 0 spiro atoms. The fourth-order valence-electron chi connectivity index (χ4n) is 4.00. The molecule has 5 rings (SSSR count). The summed E-state index contributed by atoms with van der Waals surface area (Å²) < 4.78 is 0. The number of aliphatic hydroxyl groups is 1. The summed E-state index contributed by atoms with van der Waals surface area (Å²) in [6.07, 6.45) is 4.26. The van der Waals surface area contributed by atoms with Gasteiger partial charge < -0.3 is 25.6 Å². The van der Waals surface area contributed by atoms with Crippen LogP contribution >= 0.6 is 0 Å². The number of hydrogen-bond acceptors (Lipinski definition) is 6. The number of hydrogen-bond donors (Lipinski definition) is 4. The van der Waals surface area contributed by atoms with Crippen LogP contribution in [-0.4, -0.2) is 51.2 Å². The van der Waals surface area contributed by atoms with Crippen molar-refractivity contribution in [1.29, 1.82) is 0 Å². The summed E-state index contributed by atoms with van der Waals surface area (Å²) in [7, 11) is 0. The highest BCUT2D eigenvalue weighted by Crippen LogP contribution is 2.38. The van der Waals surface area contributed by atoms with Crippen LogP contribution < -0.4 is 15.5 Å². The molecule has 0 radical (unpaired) electrons. The Morgan fingerprint density at radius 2 is 2.19 bits per heavy atom. The summed E-state index contributed by atoms with van der Waals surface area (Å²) in [4.78, 5) is 26.2. The molecule has 0 saturated carbocycles. The zero-order chi connectivity index (χ0) is 18.4. The maximum atomic E-state index is 12.4. The highest BCUT2D eigenvalue weighted by Gasteiger charge is 2.42. The van der Waals surface area contributed by atoms with Crippen LogP contribution in [-0.2, 0) is 11.2 Å². The van der Waals surface area contributed by atoms with Crippen LogP contribution in [0.25, 0.3) is 10.9 Å². The number of aromatic amines is 1. The van der Waals surface area contributed by atoms with Gasteiger partial charge in [0.15, 0.2) is 11.6 Å². The molecule has 0 bridgehead atoms. The van der Waals surface area contributed by atoms with E-state index in [0.29, 0.717) is 36.8 Å². The fraction of sp³-hybridized carbons (Fsp3) is 0.316. The van der Waals surface area contributed by atoms with Gasteiger partial charge in [-0.05, 0) is 18.1 Å². The predicted molar refractivity (Wildman–Crippen MR) is 103 cm³/mol. The number of H-pyrrole nitrogens is 1. The van der Waals surface area contributed by atoms with Crippen LogP contribution in [0, 0.1) is 0 Å². The molecule has 0 aliphatic carbocycles. The van der Waals surface area contributed by atoms with Crippen molar-refractivity contribution in [2.45, 2.75) is 25.0 Å². The lowest BCUT2D eigenvalue weighted by molar-refractivity contribution is -0.117. The first-order valence-electron chi connectivity index (χ1n) is 9.10. The first kappa shape index (κ1) is 16.1. The maximum Gasteiger partial charge on any atom is 0.247 e. The standard InChI is InChI=1S/C19H20N6O2/c26-12-7-15-19(27)24-16-17(22-10-23-18(16)25(15)9-12)20-6-5-11-8-21-14-4-2-1-3-13(11)14/h1-4,8,10,12,15,21,26H,5-7,9H2,(H,24,27)(H,20,22,23)/t12-,15-/m1/s1. The Hall–Kier alpha value is -3.13. The smallest absolute Gasteiger partial charge is 0.247 e. The molecule has 2 atom stereocenters. The summed E-state index contributed by atoms with van der Waals surface area (Å²) in [5.74, 6) is 1.15. The van der Waals surface area contributed by atoms with Gasteiger partial charge in [0.05, 0.1) is 6.10 Å². The van der Waals surface area contributed by atoms with Gasteiger partial charge in [0.1, 0.15) is 18.1 Å². The molecule has 8 nitrogen and oxygen atoms in total. The van der Waals surface area contributed by atoms with Gasteiger partial charge >= 0.3 is 0 Å². The van der Waals surface area contributed by atoms with Crippen LogP contribution in [0.1, 0.15) is 12.0 Å². The third-order valence-electron chi connectivity index (χ3n) is 5.29. The van der Waals surface area contributed by atoms with E-state index in [-0.39, 0.29) is 11.9 Å². The summed E-state index contributed by atoms with van der Waals surface area (Å²) in [6.45, 7) is 1.09. The van der Waals surface area contributed by atoms with Crippen LogP contribution in [0.2, 0.25) is 0 Å². The van der Waals surface area contributed by atoms with Crippen molar-refractivity contribution < 1.29 is 9.90 Å². The Kier molecular flexibility index (Phi) is 3.71. The van der Waals surface area contributed by atoms with Crippen LogP contribution in [0.4, 0.5) is 17.3 Å². The number of carbonyl (C=O) groups excluding carboxylic acids is 1. The van der Waals surface area contributed by atoms with E-state index in [4.69, 9.17) is 0 Å². The van der Waals surface area contributed by atoms with Gasteiger partial charge in [-0.1, -0.05) is 18.2 Å². The molecule has 2 aliphatic heterocycles. The van der Waals surface area contributed by atoms with Crippen molar-refractivity contribution in [2.75, 3.05) is 28.6 Å². The lowest BCUT2D eigenvalue weighted by Crippen LogP contribution is -2.44. The number of amides is 1. The number of carbonyl (C=O) groups is 1. The Balaban J connectivity index is 1.35. The molecule has 4 heterocycles. The lowest BCUT2D eigenvalue weighted by atomic mass is 10.1. The minimum atomic E-state index is -0.514. The normalized spacial score (nSPS) is 21.1. The summed E-state index contributed by atoms with van der Waals surface area (Å²) in [5.41, 5.74) is 2.94. The molecule has 1 aromatic carbocycles. The zero-order valence-corrected chi connectivity index (χ0v) is 14.6. The first-order valence-corrected chi connectivity index (χ1v) is 9.10. The summed E-state index contributed by atoms with van der Waals surface area (Å²) in [5, 5.41) is 17.4. The van der Waals surface area contributed by atoms with E-state index in [1.54, 1.807) is 0 Å². The lowest BCUT2D eigenvalue weighted by Gasteiger charge is -2.32. The molecule has 8 heteroatoms.